The van der Waals surface area contributed by atoms with Gasteiger partial charge in [-0.1, -0.05) is 18.2 Å². The maximum atomic E-state index is 12.2. The fraction of sp³-hybridized carbons (Fsp3) is 0.720. The fourth-order valence-corrected chi connectivity index (χ4v) is 4.70. The van der Waals surface area contributed by atoms with Gasteiger partial charge in [0.2, 0.25) is 0 Å². The van der Waals surface area contributed by atoms with Crippen LogP contribution < -0.4 is 0 Å². The van der Waals surface area contributed by atoms with Gasteiger partial charge in [0.25, 0.3) is 0 Å². The van der Waals surface area contributed by atoms with E-state index in [1.54, 1.807) is 18.2 Å². The quantitative estimate of drug-likeness (QED) is 0.122. The molecular weight excluding hydrogens is 556 g/mol. The Hall–Kier alpha value is -1.87. The van der Waals surface area contributed by atoms with Crippen LogP contribution in [-0.2, 0) is 28.4 Å². The third kappa shape index (κ3) is 7.20. The summed E-state index contributed by atoms with van der Waals surface area (Å²) < 4.78 is 32.4. The summed E-state index contributed by atoms with van der Waals surface area (Å²) >= 11 is 0. The lowest BCUT2D eigenvalue weighted by Crippen LogP contribution is -2.63. The van der Waals surface area contributed by atoms with Gasteiger partial charge in [0.05, 0.1) is 25.4 Å². The molecule has 1 aromatic rings. The molecule has 16 nitrogen and oxygen atoms in total. The molecule has 14 atom stereocenters. The predicted molar refractivity (Wildman–Crippen MR) is 130 cm³/mol. The highest BCUT2D eigenvalue weighted by Gasteiger charge is 2.49. The Kier molecular flexibility index (Phi) is 11.0. The van der Waals surface area contributed by atoms with Gasteiger partial charge in [0.15, 0.2) is 12.6 Å². The largest absolute Gasteiger partial charge is 0.459 e. The summed E-state index contributed by atoms with van der Waals surface area (Å²) in [7, 11) is 0. The molecule has 0 amide bonds. The molecule has 3 saturated heterocycles. The van der Waals surface area contributed by atoms with Crippen LogP contribution >= 0.6 is 0 Å². The highest BCUT2D eigenvalue weighted by Crippen LogP contribution is 2.28. The number of rotatable bonds is 9. The molecule has 0 spiro atoms. The maximum absolute atomic E-state index is 12.2. The van der Waals surface area contributed by atoms with E-state index in [9.17, 15) is 50.8 Å². The number of ether oxygens (including phenoxy) is 6. The lowest BCUT2D eigenvalue weighted by Gasteiger charge is -2.44. The smallest absolute Gasteiger partial charge is 0.338 e. The summed E-state index contributed by atoms with van der Waals surface area (Å²) in [6.07, 6.45) is -21.7. The van der Waals surface area contributed by atoms with Crippen LogP contribution in [0, 0.1) is 0 Å². The second-order valence-electron chi connectivity index (χ2n) is 10.0. The molecule has 9 N–H and O–H groups in total. The van der Waals surface area contributed by atoms with Crippen molar-refractivity contribution >= 4 is 5.97 Å². The van der Waals surface area contributed by atoms with Gasteiger partial charge >= 0.3 is 5.97 Å². The molecule has 232 valence electrons. The van der Waals surface area contributed by atoms with Gasteiger partial charge in [0.1, 0.15) is 79.9 Å². The van der Waals surface area contributed by atoms with Crippen LogP contribution in [0.1, 0.15) is 10.4 Å². The molecule has 0 aromatic heterocycles. The molecule has 4 rings (SSSR count). The Labute approximate surface area is 233 Å². The standard InChI is InChI=1S/C25H36O16/c26-6-12-15(28)18(31)21(34)25(39-12)41-22-11(27)7-36-13(17(22)30)8-38-24-20(33)19(32)16(29)14(40-24)9-37-23(35)10-4-2-1-3-5-10/h1-5,11-22,24-34H,6-9H2/t11?,12?,13?,14?,15?,16?,17-,18?,19?,20?,21?,22?,24?,25?/m1/s1. The van der Waals surface area contributed by atoms with Crippen molar-refractivity contribution in [3.05, 3.63) is 35.9 Å². The molecule has 41 heavy (non-hydrogen) atoms. The molecule has 13 unspecified atom stereocenters. The molecule has 0 saturated carbocycles. The van der Waals surface area contributed by atoms with Gasteiger partial charge in [-0.3, -0.25) is 0 Å². The minimum Gasteiger partial charge on any atom is -0.459 e. The van der Waals surface area contributed by atoms with Crippen LogP contribution in [-0.4, -0.2) is 164 Å². The van der Waals surface area contributed by atoms with Crippen LogP contribution in [0.2, 0.25) is 0 Å². The zero-order chi connectivity index (χ0) is 29.8. The zero-order valence-corrected chi connectivity index (χ0v) is 21.7. The zero-order valence-electron chi connectivity index (χ0n) is 21.7. The Morgan fingerprint density at radius 2 is 1.34 bits per heavy atom. The highest BCUT2D eigenvalue weighted by atomic mass is 16.7. The van der Waals surface area contributed by atoms with E-state index in [-0.39, 0.29) is 12.2 Å². The first kappa shape index (κ1) is 32.1. The highest BCUT2D eigenvalue weighted by molar-refractivity contribution is 5.89. The predicted octanol–water partition coefficient (Wildman–Crippen LogP) is -5.03. The summed E-state index contributed by atoms with van der Waals surface area (Å²) in [5, 5.41) is 91.6. The Morgan fingerprint density at radius 1 is 0.732 bits per heavy atom. The number of aliphatic hydroxyl groups excluding tert-OH is 9. The Morgan fingerprint density at radius 3 is 2.00 bits per heavy atom. The van der Waals surface area contributed by atoms with Crippen molar-refractivity contribution in [3.63, 3.8) is 0 Å². The number of benzene rings is 1. The lowest BCUT2D eigenvalue weighted by molar-refractivity contribution is -0.340. The third-order valence-corrected chi connectivity index (χ3v) is 7.20. The normalized spacial score (nSPS) is 43.4. The number of esters is 1. The van der Waals surface area contributed by atoms with E-state index in [1.807, 2.05) is 0 Å². The van der Waals surface area contributed by atoms with Gasteiger partial charge in [0, 0.05) is 0 Å². The molecular formula is C25H36O16. The van der Waals surface area contributed by atoms with E-state index in [0.29, 0.717) is 0 Å². The molecule has 0 bridgehead atoms. The van der Waals surface area contributed by atoms with Crippen LogP contribution in [0.5, 0.6) is 0 Å². The minimum absolute atomic E-state index is 0.247. The van der Waals surface area contributed by atoms with Crippen LogP contribution in [0.25, 0.3) is 0 Å². The third-order valence-electron chi connectivity index (χ3n) is 7.20. The average molecular weight is 593 g/mol. The molecule has 3 heterocycles. The van der Waals surface area contributed by atoms with Crippen molar-refractivity contribution < 1.29 is 79.2 Å². The first-order chi connectivity index (χ1) is 19.5. The molecule has 3 aliphatic heterocycles. The van der Waals surface area contributed by atoms with E-state index < -0.39 is 112 Å². The molecule has 3 fully saturated rings. The van der Waals surface area contributed by atoms with Crippen molar-refractivity contribution in [1.29, 1.82) is 0 Å². The summed E-state index contributed by atoms with van der Waals surface area (Å²) in [5.41, 5.74) is 0.247. The first-order valence-electron chi connectivity index (χ1n) is 13.0. The number of carbonyl (C=O) groups excluding carboxylic acids is 1. The summed E-state index contributed by atoms with van der Waals surface area (Å²) in [4.78, 5) is 12.2. The number of carbonyl (C=O) groups is 1. The number of hydrogen-bond acceptors (Lipinski definition) is 16. The minimum atomic E-state index is -1.78. The van der Waals surface area contributed by atoms with Crippen LogP contribution in [0.4, 0.5) is 0 Å². The number of aliphatic hydroxyl groups is 9. The second kappa shape index (κ2) is 14.1. The van der Waals surface area contributed by atoms with Gasteiger partial charge in [-0.05, 0) is 12.1 Å². The lowest BCUT2D eigenvalue weighted by atomic mass is 9.97. The molecule has 0 radical (unpaired) electrons. The fourth-order valence-electron chi connectivity index (χ4n) is 4.70. The molecule has 1 aromatic carbocycles. The van der Waals surface area contributed by atoms with Crippen LogP contribution in [0.3, 0.4) is 0 Å². The Bertz CT molecular complexity index is 966. The van der Waals surface area contributed by atoms with Gasteiger partial charge in [-0.25, -0.2) is 4.79 Å². The summed E-state index contributed by atoms with van der Waals surface area (Å²) in [6.45, 7) is -2.05. The second-order valence-corrected chi connectivity index (χ2v) is 10.0. The van der Waals surface area contributed by atoms with E-state index in [2.05, 4.69) is 0 Å². The van der Waals surface area contributed by atoms with E-state index >= 15 is 0 Å². The molecule has 0 aliphatic carbocycles. The monoisotopic (exact) mass is 592 g/mol. The number of hydrogen-bond donors (Lipinski definition) is 9. The summed E-state index contributed by atoms with van der Waals surface area (Å²) in [6, 6.07) is 8.01. The van der Waals surface area contributed by atoms with Gasteiger partial charge < -0.3 is 74.4 Å². The summed E-state index contributed by atoms with van der Waals surface area (Å²) in [5.74, 6) is -0.706. The van der Waals surface area contributed by atoms with Crippen molar-refractivity contribution in [2.45, 2.75) is 85.8 Å². The van der Waals surface area contributed by atoms with Gasteiger partial charge in [-0.15, -0.1) is 0 Å². The molecule has 3 aliphatic rings. The van der Waals surface area contributed by atoms with Crippen molar-refractivity contribution in [3.8, 4) is 0 Å². The van der Waals surface area contributed by atoms with E-state index in [0.717, 1.165) is 0 Å². The first-order valence-corrected chi connectivity index (χ1v) is 13.0. The van der Waals surface area contributed by atoms with E-state index in [1.165, 1.54) is 12.1 Å². The average Bonchev–Trinajstić information content (AvgIpc) is 2.98. The van der Waals surface area contributed by atoms with Crippen molar-refractivity contribution in [1.82, 2.24) is 0 Å². The van der Waals surface area contributed by atoms with Crippen molar-refractivity contribution in [2.75, 3.05) is 26.4 Å². The van der Waals surface area contributed by atoms with Crippen molar-refractivity contribution in [2.24, 2.45) is 0 Å². The van der Waals surface area contributed by atoms with Crippen LogP contribution in [0.15, 0.2) is 30.3 Å². The Balaban J connectivity index is 1.34. The molecule has 16 heteroatoms. The van der Waals surface area contributed by atoms with Gasteiger partial charge in [-0.2, -0.15) is 0 Å². The SMILES string of the molecule is O=C(OCC1OC(OCC2OCC(O)C(OC3OC(CO)C(O)C(O)C3O)[C@@H]2O)C(O)C(O)C1O)c1ccccc1. The topological polar surface area (TPSA) is 255 Å². The maximum Gasteiger partial charge on any atom is 0.338 e. The van der Waals surface area contributed by atoms with E-state index in [4.69, 9.17) is 28.4 Å².